The Morgan fingerprint density at radius 1 is 1.31 bits per heavy atom. The van der Waals surface area contributed by atoms with E-state index in [1.165, 1.54) is 13.3 Å². The van der Waals surface area contributed by atoms with Crippen LogP contribution < -0.4 is 10.6 Å². The first-order chi connectivity index (χ1) is 13.8. The highest BCUT2D eigenvalue weighted by Gasteiger charge is 2.34. The summed E-state index contributed by atoms with van der Waals surface area (Å²) in [6, 6.07) is 5.92. The minimum Gasteiger partial charge on any atom is -0.383 e. The summed E-state index contributed by atoms with van der Waals surface area (Å²) in [5.74, 6) is -0.627. The summed E-state index contributed by atoms with van der Waals surface area (Å²) in [5.41, 5.74) is 0.0992. The van der Waals surface area contributed by atoms with E-state index in [2.05, 4.69) is 20.6 Å². The molecule has 10 heteroatoms. The molecular weight excluding hydrogens is 389 g/mol. The fraction of sp³-hybridized carbons (Fsp3) is 0.211. The maximum atomic E-state index is 13.2. The number of ether oxygens (including phenoxy) is 1. The Bertz CT molecular complexity index is 1050. The number of benzene rings is 1. The molecule has 0 saturated heterocycles. The quantitative estimate of drug-likeness (QED) is 0.411. The number of fused-ring (bicyclic) bond motifs is 1. The molecule has 0 aliphatic rings. The Morgan fingerprint density at radius 2 is 2.10 bits per heavy atom. The molecule has 3 N–H and O–H groups in total. The minimum atomic E-state index is -4.60. The summed E-state index contributed by atoms with van der Waals surface area (Å²) in [5, 5.41) is 5.63. The van der Waals surface area contributed by atoms with E-state index in [-0.39, 0.29) is 30.2 Å². The molecule has 0 bridgehead atoms. The van der Waals surface area contributed by atoms with Crippen LogP contribution in [0.4, 0.5) is 24.7 Å². The number of anilines is 2. The molecule has 0 atom stereocenters. The lowest BCUT2D eigenvalue weighted by atomic mass is 10.1. The Kier molecular flexibility index (Phi) is 5.83. The largest absolute Gasteiger partial charge is 0.419 e. The number of halogens is 3. The minimum absolute atomic E-state index is 0.0520. The summed E-state index contributed by atoms with van der Waals surface area (Å²) in [4.78, 5) is 30.2. The monoisotopic (exact) mass is 406 g/mol. The summed E-state index contributed by atoms with van der Waals surface area (Å²) in [6.07, 6.45) is -1.84. The zero-order valence-corrected chi connectivity index (χ0v) is 15.3. The molecule has 29 heavy (non-hydrogen) atoms. The number of H-pyrrole nitrogens is 1. The van der Waals surface area contributed by atoms with Crippen molar-refractivity contribution in [2.45, 2.75) is 6.18 Å². The van der Waals surface area contributed by atoms with Crippen molar-refractivity contribution in [2.75, 3.05) is 30.9 Å². The smallest absolute Gasteiger partial charge is 0.383 e. The van der Waals surface area contributed by atoms with Gasteiger partial charge < -0.3 is 20.4 Å². The highest BCUT2D eigenvalue weighted by atomic mass is 19.4. The normalized spacial score (nSPS) is 11.4. The Morgan fingerprint density at radius 3 is 2.79 bits per heavy atom. The Balaban J connectivity index is 1.88. The molecule has 0 fully saturated rings. The van der Waals surface area contributed by atoms with E-state index in [0.717, 1.165) is 6.07 Å². The maximum Gasteiger partial charge on any atom is 0.419 e. The first-order valence-corrected chi connectivity index (χ1v) is 8.51. The van der Waals surface area contributed by atoms with Crippen LogP contribution in [0.3, 0.4) is 0 Å². The van der Waals surface area contributed by atoms with Crippen LogP contribution >= 0.6 is 0 Å². The second kappa shape index (κ2) is 8.31. The van der Waals surface area contributed by atoms with E-state index in [1.807, 2.05) is 0 Å². The van der Waals surface area contributed by atoms with Gasteiger partial charge in [-0.15, -0.1) is 0 Å². The number of aromatic amines is 1. The zero-order chi connectivity index (χ0) is 21.0. The summed E-state index contributed by atoms with van der Waals surface area (Å²) >= 11 is 0. The van der Waals surface area contributed by atoms with Gasteiger partial charge in [0.15, 0.2) is 0 Å². The molecule has 0 spiro atoms. The van der Waals surface area contributed by atoms with E-state index in [9.17, 15) is 22.8 Å². The van der Waals surface area contributed by atoms with Gasteiger partial charge in [0.1, 0.15) is 12.1 Å². The average Bonchev–Trinajstić information content (AvgIpc) is 3.10. The lowest BCUT2D eigenvalue weighted by molar-refractivity contribution is -0.137. The van der Waals surface area contributed by atoms with Crippen LogP contribution in [-0.2, 0) is 10.9 Å². The molecule has 0 saturated carbocycles. The van der Waals surface area contributed by atoms with Gasteiger partial charge in [-0.25, -0.2) is 4.98 Å². The number of carbonyl (C=O) groups excluding carboxylic acids is 2. The van der Waals surface area contributed by atoms with Gasteiger partial charge in [-0.1, -0.05) is 0 Å². The number of amides is 1. The SMILES string of the molecule is COCCNc1cc(NC(=O)c2c[nH]c3ccc(C=O)cc23)ncc1C(F)(F)F. The molecular formula is C19H17F3N4O3. The van der Waals surface area contributed by atoms with Crippen molar-refractivity contribution in [2.24, 2.45) is 0 Å². The van der Waals surface area contributed by atoms with E-state index in [0.29, 0.717) is 28.9 Å². The van der Waals surface area contributed by atoms with Crippen LogP contribution in [0.2, 0.25) is 0 Å². The van der Waals surface area contributed by atoms with E-state index in [4.69, 9.17) is 4.74 Å². The first-order valence-electron chi connectivity index (χ1n) is 8.51. The number of aromatic nitrogens is 2. The van der Waals surface area contributed by atoms with Crippen LogP contribution in [0.1, 0.15) is 26.3 Å². The standard InChI is InChI=1S/C19H17F3N4O3/c1-29-5-4-23-16-7-17(25-9-14(16)19(20,21)22)26-18(28)13-8-24-15-3-2-11(10-27)6-12(13)15/h2-3,6-10,24H,4-5H2,1H3,(H2,23,25,26,28). The number of alkyl halides is 3. The number of aldehydes is 1. The summed E-state index contributed by atoms with van der Waals surface area (Å²) < 4.78 is 44.4. The fourth-order valence-electron chi connectivity index (χ4n) is 2.77. The molecule has 2 aromatic heterocycles. The number of rotatable bonds is 7. The van der Waals surface area contributed by atoms with Crippen molar-refractivity contribution in [1.82, 2.24) is 9.97 Å². The zero-order valence-electron chi connectivity index (χ0n) is 15.3. The number of hydrogen-bond donors (Lipinski definition) is 3. The third-order valence-corrected chi connectivity index (χ3v) is 4.16. The molecule has 152 valence electrons. The fourth-order valence-corrected chi connectivity index (χ4v) is 2.77. The van der Waals surface area contributed by atoms with Crippen molar-refractivity contribution < 1.29 is 27.5 Å². The van der Waals surface area contributed by atoms with Crippen molar-refractivity contribution >= 4 is 34.6 Å². The van der Waals surface area contributed by atoms with Crippen molar-refractivity contribution in [1.29, 1.82) is 0 Å². The van der Waals surface area contributed by atoms with E-state index in [1.54, 1.807) is 18.2 Å². The second-order valence-electron chi connectivity index (χ2n) is 6.11. The van der Waals surface area contributed by atoms with Gasteiger partial charge in [0, 0.05) is 48.6 Å². The molecule has 1 aromatic carbocycles. The highest BCUT2D eigenvalue weighted by molar-refractivity contribution is 6.13. The molecule has 7 nitrogen and oxygen atoms in total. The van der Waals surface area contributed by atoms with Gasteiger partial charge in [-0.2, -0.15) is 13.2 Å². The Hall–Kier alpha value is -3.40. The van der Waals surface area contributed by atoms with Gasteiger partial charge >= 0.3 is 6.18 Å². The van der Waals surface area contributed by atoms with Crippen molar-refractivity contribution in [3.8, 4) is 0 Å². The molecule has 0 unspecified atom stereocenters. The number of pyridine rings is 1. The number of methoxy groups -OCH3 is 1. The number of nitrogens with one attached hydrogen (secondary N) is 3. The Labute approximate surface area is 163 Å². The van der Waals surface area contributed by atoms with Crippen LogP contribution in [-0.4, -0.2) is 42.4 Å². The van der Waals surface area contributed by atoms with Gasteiger partial charge in [0.05, 0.1) is 23.4 Å². The molecule has 0 aliphatic carbocycles. The van der Waals surface area contributed by atoms with Gasteiger partial charge in [-0.3, -0.25) is 9.59 Å². The van der Waals surface area contributed by atoms with E-state index < -0.39 is 17.6 Å². The van der Waals surface area contributed by atoms with Gasteiger partial charge in [0.25, 0.3) is 5.91 Å². The van der Waals surface area contributed by atoms with E-state index >= 15 is 0 Å². The average molecular weight is 406 g/mol. The molecule has 3 rings (SSSR count). The van der Waals surface area contributed by atoms with Gasteiger partial charge in [0.2, 0.25) is 0 Å². The molecule has 0 aliphatic heterocycles. The van der Waals surface area contributed by atoms with Crippen LogP contribution in [0, 0.1) is 0 Å². The maximum absolute atomic E-state index is 13.2. The molecule has 2 heterocycles. The number of carbonyl (C=O) groups is 2. The first kappa shape index (κ1) is 20.3. The molecule has 3 aromatic rings. The lowest BCUT2D eigenvalue weighted by Crippen LogP contribution is -2.17. The lowest BCUT2D eigenvalue weighted by Gasteiger charge is -2.15. The number of hydrogen-bond acceptors (Lipinski definition) is 5. The van der Waals surface area contributed by atoms with Crippen LogP contribution in [0.15, 0.2) is 36.7 Å². The predicted molar refractivity (Wildman–Crippen MR) is 101 cm³/mol. The van der Waals surface area contributed by atoms with Gasteiger partial charge in [-0.05, 0) is 18.2 Å². The third kappa shape index (κ3) is 4.54. The topological polar surface area (TPSA) is 96.1 Å². The van der Waals surface area contributed by atoms with Crippen molar-refractivity contribution in [3.05, 3.63) is 53.3 Å². The highest BCUT2D eigenvalue weighted by Crippen LogP contribution is 2.35. The molecule has 1 amide bonds. The molecule has 0 radical (unpaired) electrons. The van der Waals surface area contributed by atoms with Crippen molar-refractivity contribution in [3.63, 3.8) is 0 Å². The van der Waals surface area contributed by atoms with Crippen LogP contribution in [0.25, 0.3) is 10.9 Å². The summed E-state index contributed by atoms with van der Waals surface area (Å²) in [6.45, 7) is 0.351. The third-order valence-electron chi connectivity index (χ3n) is 4.16. The number of nitrogens with zero attached hydrogens (tertiary/aromatic N) is 1. The second-order valence-corrected chi connectivity index (χ2v) is 6.11. The predicted octanol–water partition coefficient (Wildman–Crippen LogP) is 3.70. The summed E-state index contributed by atoms with van der Waals surface area (Å²) in [7, 11) is 1.43. The van der Waals surface area contributed by atoms with Crippen LogP contribution in [0.5, 0.6) is 0 Å².